The Labute approximate surface area is 242 Å². The molecule has 3 N–H and O–H groups in total. The first kappa shape index (κ1) is 32.5. The number of halogens is 7. The van der Waals surface area contributed by atoms with Gasteiger partial charge in [0, 0.05) is 48.6 Å². The monoisotopic (exact) mass is 664 g/mol. The predicted molar refractivity (Wildman–Crippen MR) is 144 cm³/mol. The Bertz CT molecular complexity index is 1560. The molecule has 0 saturated carbocycles. The molecule has 8 nitrogen and oxygen atoms in total. The highest BCUT2D eigenvalue weighted by Gasteiger charge is 2.35. The fourth-order valence-corrected chi connectivity index (χ4v) is 4.55. The van der Waals surface area contributed by atoms with E-state index in [1.165, 1.54) is 36.8 Å². The highest BCUT2D eigenvalue weighted by Crippen LogP contribution is 2.40. The molecule has 0 unspecified atom stereocenters. The Kier molecular flexibility index (Phi) is 10.3. The fourth-order valence-electron chi connectivity index (χ4n) is 4.11. The van der Waals surface area contributed by atoms with Crippen molar-refractivity contribution in [3.05, 3.63) is 76.7 Å². The summed E-state index contributed by atoms with van der Waals surface area (Å²) in [6.45, 7) is 4.37. The second-order valence-electron chi connectivity index (χ2n) is 8.86. The van der Waals surface area contributed by atoms with Crippen LogP contribution in [0.2, 0.25) is 0 Å². The summed E-state index contributed by atoms with van der Waals surface area (Å²) in [7, 11) is 0. The molecule has 0 bridgehead atoms. The van der Waals surface area contributed by atoms with E-state index in [-0.39, 0.29) is 16.4 Å². The molecule has 2 aromatic carbocycles. The Balaban J connectivity index is 0.000000192. The van der Waals surface area contributed by atoms with E-state index in [9.17, 15) is 35.9 Å². The number of furan rings is 2. The second-order valence-corrected chi connectivity index (χ2v) is 9.71. The first-order valence-corrected chi connectivity index (χ1v) is 12.8. The molecule has 42 heavy (non-hydrogen) atoms. The molecule has 1 aliphatic heterocycles. The van der Waals surface area contributed by atoms with Crippen molar-refractivity contribution in [3.63, 3.8) is 0 Å². The van der Waals surface area contributed by atoms with Gasteiger partial charge < -0.3 is 29.3 Å². The Morgan fingerprint density at radius 1 is 0.881 bits per heavy atom. The third-order valence-electron chi connectivity index (χ3n) is 5.85. The lowest BCUT2D eigenvalue weighted by molar-refractivity contribution is -0.137. The molecule has 1 atom stereocenters. The van der Waals surface area contributed by atoms with Crippen molar-refractivity contribution >= 4 is 55.5 Å². The number of hydrogen-bond acceptors (Lipinski definition) is 6. The number of hydrogen-bond donors (Lipinski definition) is 3. The van der Waals surface area contributed by atoms with Gasteiger partial charge in [-0.2, -0.15) is 26.3 Å². The van der Waals surface area contributed by atoms with E-state index in [1.807, 2.05) is 0 Å². The lowest BCUT2D eigenvalue weighted by Gasteiger charge is -2.33. The van der Waals surface area contributed by atoms with Crippen LogP contribution < -0.4 is 10.2 Å². The van der Waals surface area contributed by atoms with Crippen molar-refractivity contribution < 1.29 is 55.0 Å². The van der Waals surface area contributed by atoms with Crippen LogP contribution >= 0.6 is 15.9 Å². The van der Waals surface area contributed by atoms with E-state index in [0.29, 0.717) is 28.2 Å². The van der Waals surface area contributed by atoms with Crippen LogP contribution in [0.25, 0.3) is 21.9 Å². The molecule has 0 aliphatic carbocycles. The zero-order valence-electron chi connectivity index (χ0n) is 21.6. The van der Waals surface area contributed by atoms with Crippen molar-refractivity contribution in [1.82, 2.24) is 5.32 Å². The van der Waals surface area contributed by atoms with Gasteiger partial charge in [0.25, 0.3) is 0 Å². The molecule has 0 spiro atoms. The van der Waals surface area contributed by atoms with Crippen LogP contribution in [0.3, 0.4) is 0 Å². The standard InChI is InChI=1S/C14H15F3N2O.C9H4BrF3O.C4H4O4/c1-9-8-19(6-5-18-9)12-3-2-11(14(15,16)17)10-4-7-20-13(10)12;10-7-2-1-6(9(11,12)13)5-3-4-14-8(5)7;5-3(6)1-2-4(7)8/h2-4,7,9,18H,5-6,8H2,1H3;1-4H;1-2H,(H,5,6)(H,7,8)/t9-;;/m0../s1. The number of carboxylic acid groups (broad SMARTS) is 2. The number of carbonyl (C=O) groups is 2. The lowest BCUT2D eigenvalue weighted by atomic mass is 10.1. The van der Waals surface area contributed by atoms with Crippen LogP contribution in [0.15, 0.2) is 74.4 Å². The number of alkyl halides is 6. The quantitative estimate of drug-likeness (QED) is 0.156. The normalized spacial score (nSPS) is 15.7. The topological polar surface area (TPSA) is 116 Å². The molecule has 1 fully saturated rings. The van der Waals surface area contributed by atoms with Gasteiger partial charge in [-0.05, 0) is 59.3 Å². The molecular weight excluding hydrogens is 642 g/mol. The number of piperazine rings is 1. The van der Waals surface area contributed by atoms with Crippen LogP contribution in [-0.2, 0) is 21.9 Å². The zero-order chi connectivity index (χ0) is 31.2. The molecular formula is C27H23BrF6N2O6. The number of rotatable bonds is 3. The Hall–Kier alpha value is -3.98. The van der Waals surface area contributed by atoms with Crippen LogP contribution in [0, 0.1) is 0 Å². The van der Waals surface area contributed by atoms with Gasteiger partial charge >= 0.3 is 24.3 Å². The van der Waals surface area contributed by atoms with Crippen LogP contribution in [0.4, 0.5) is 32.0 Å². The number of nitrogens with one attached hydrogen (secondary N) is 1. The van der Waals surface area contributed by atoms with Crippen molar-refractivity contribution in [3.8, 4) is 0 Å². The summed E-state index contributed by atoms with van der Waals surface area (Å²) in [6.07, 6.45) is -5.04. The van der Waals surface area contributed by atoms with E-state index >= 15 is 0 Å². The largest absolute Gasteiger partial charge is 0.478 e. The SMILES string of the molecule is C[C@H]1CN(c2ccc(C(F)(F)F)c3ccoc23)CCN1.FC(F)(F)c1ccc(Br)c2occc12.O=C(O)C=CC(=O)O. The maximum absolute atomic E-state index is 13.0. The molecule has 4 aromatic rings. The van der Waals surface area contributed by atoms with Gasteiger partial charge in [0.15, 0.2) is 5.58 Å². The maximum atomic E-state index is 13.0. The Morgan fingerprint density at radius 2 is 1.38 bits per heavy atom. The highest BCUT2D eigenvalue weighted by atomic mass is 79.9. The van der Waals surface area contributed by atoms with Gasteiger partial charge in [-0.25, -0.2) is 9.59 Å². The van der Waals surface area contributed by atoms with Crippen molar-refractivity contribution in [2.75, 3.05) is 24.5 Å². The minimum Gasteiger partial charge on any atom is -0.478 e. The second kappa shape index (κ2) is 13.3. The summed E-state index contributed by atoms with van der Waals surface area (Å²) in [6, 6.07) is 8.00. The minimum atomic E-state index is -4.36. The highest BCUT2D eigenvalue weighted by molar-refractivity contribution is 9.10. The number of carboxylic acids is 2. The first-order chi connectivity index (χ1) is 19.6. The summed E-state index contributed by atoms with van der Waals surface area (Å²) in [5.41, 5.74) is -0.0577. The van der Waals surface area contributed by atoms with Gasteiger partial charge in [0.2, 0.25) is 0 Å². The molecule has 3 heterocycles. The predicted octanol–water partition coefficient (Wildman–Crippen LogP) is 7.18. The fraction of sp³-hybridized carbons (Fsp3) is 0.259. The molecule has 2 aromatic heterocycles. The van der Waals surface area contributed by atoms with E-state index in [4.69, 9.17) is 19.0 Å². The zero-order valence-corrected chi connectivity index (χ0v) is 23.2. The van der Waals surface area contributed by atoms with Crippen molar-refractivity contribution in [2.24, 2.45) is 0 Å². The summed E-state index contributed by atoms with van der Waals surface area (Å²) < 4.78 is 87.1. The summed E-state index contributed by atoms with van der Waals surface area (Å²) >= 11 is 3.12. The van der Waals surface area contributed by atoms with Crippen molar-refractivity contribution in [1.29, 1.82) is 0 Å². The van der Waals surface area contributed by atoms with E-state index in [2.05, 4.69) is 33.1 Å². The van der Waals surface area contributed by atoms with Crippen LogP contribution in [0.5, 0.6) is 0 Å². The number of fused-ring (bicyclic) bond motifs is 2. The first-order valence-electron chi connectivity index (χ1n) is 12.0. The number of nitrogens with zero attached hydrogens (tertiary/aromatic N) is 1. The summed E-state index contributed by atoms with van der Waals surface area (Å²) in [5, 5.41) is 19.1. The molecule has 1 saturated heterocycles. The lowest BCUT2D eigenvalue weighted by Crippen LogP contribution is -2.49. The minimum absolute atomic E-state index is 0.0758. The molecule has 5 rings (SSSR count). The average Bonchev–Trinajstić information content (AvgIpc) is 3.57. The van der Waals surface area contributed by atoms with Crippen LogP contribution in [-0.4, -0.2) is 47.8 Å². The average molecular weight is 665 g/mol. The van der Waals surface area contributed by atoms with E-state index in [1.54, 1.807) is 0 Å². The molecule has 0 radical (unpaired) electrons. The third-order valence-corrected chi connectivity index (χ3v) is 6.48. The molecule has 0 amide bonds. The Morgan fingerprint density at radius 3 is 1.88 bits per heavy atom. The van der Waals surface area contributed by atoms with Gasteiger partial charge in [-0.3, -0.25) is 0 Å². The molecule has 226 valence electrons. The van der Waals surface area contributed by atoms with E-state index in [0.717, 1.165) is 37.5 Å². The van der Waals surface area contributed by atoms with Crippen molar-refractivity contribution in [2.45, 2.75) is 25.3 Å². The summed E-state index contributed by atoms with van der Waals surface area (Å²) in [4.78, 5) is 21.2. The third kappa shape index (κ3) is 8.28. The van der Waals surface area contributed by atoms with Gasteiger partial charge in [0.1, 0.15) is 5.58 Å². The summed E-state index contributed by atoms with van der Waals surface area (Å²) in [5.74, 6) is -2.51. The number of anilines is 1. The number of benzene rings is 2. The van der Waals surface area contributed by atoms with Gasteiger partial charge in [-0.15, -0.1) is 0 Å². The van der Waals surface area contributed by atoms with Crippen LogP contribution in [0.1, 0.15) is 18.1 Å². The van der Waals surface area contributed by atoms with E-state index < -0.39 is 35.4 Å². The smallest absolute Gasteiger partial charge is 0.417 e. The van der Waals surface area contributed by atoms with Gasteiger partial charge in [-0.1, -0.05) is 0 Å². The molecule has 15 heteroatoms. The number of aliphatic carboxylic acids is 2. The van der Waals surface area contributed by atoms with Gasteiger partial charge in [0.05, 0.1) is 33.8 Å². The molecule has 1 aliphatic rings. The maximum Gasteiger partial charge on any atom is 0.417 e.